The van der Waals surface area contributed by atoms with Gasteiger partial charge >= 0.3 is 0 Å². The lowest BCUT2D eigenvalue weighted by molar-refractivity contribution is -0.139. The van der Waals surface area contributed by atoms with Crippen LogP contribution in [0.3, 0.4) is 0 Å². The Morgan fingerprint density at radius 2 is 1.57 bits per heavy atom. The maximum atomic E-state index is 14.4. The van der Waals surface area contributed by atoms with Crippen molar-refractivity contribution in [3.8, 4) is 0 Å². The molecule has 0 bridgehead atoms. The molecule has 7 nitrogen and oxygen atoms in total. The first-order valence-electron chi connectivity index (χ1n) is 10.7. The second-order valence-corrected chi connectivity index (χ2v) is 9.95. The molecule has 0 aliphatic carbocycles. The zero-order valence-electron chi connectivity index (χ0n) is 19.2. The van der Waals surface area contributed by atoms with Crippen LogP contribution in [-0.4, -0.2) is 44.8 Å². The van der Waals surface area contributed by atoms with Gasteiger partial charge in [0.25, 0.3) is 10.0 Å². The summed E-state index contributed by atoms with van der Waals surface area (Å²) in [6.07, 6.45) is 0. The van der Waals surface area contributed by atoms with E-state index >= 15 is 0 Å². The number of likely N-dealkylation sites (N-methyl/N-ethyl adjacent to an activating group) is 1. The first-order valence-corrected chi connectivity index (χ1v) is 12.6. The van der Waals surface area contributed by atoms with Gasteiger partial charge in [-0.05, 0) is 37.3 Å². The fourth-order valence-electron chi connectivity index (χ4n) is 3.49. The molecule has 1 atom stereocenters. The molecule has 0 fully saturated rings. The van der Waals surface area contributed by atoms with E-state index in [1.165, 1.54) is 56.4 Å². The van der Waals surface area contributed by atoms with Crippen molar-refractivity contribution in [1.29, 1.82) is 0 Å². The standard InChI is InChI=1S/C25H25ClFN3O4S/c1-18(25(32)28-2)29(16-19-10-6-8-14-22(19)27)24(31)17-30(23-15-9-7-13-21(23)26)35(33,34)20-11-4-3-5-12-20/h3-15,18H,16-17H2,1-2H3,(H,28,32)/t18-/m1/s1. The molecule has 2 amide bonds. The van der Waals surface area contributed by atoms with E-state index in [0.29, 0.717) is 0 Å². The molecule has 184 valence electrons. The highest BCUT2D eigenvalue weighted by Gasteiger charge is 2.33. The number of para-hydroxylation sites is 1. The van der Waals surface area contributed by atoms with Crippen LogP contribution in [0.2, 0.25) is 5.02 Å². The molecule has 0 saturated carbocycles. The number of nitrogens with one attached hydrogen (secondary N) is 1. The first kappa shape index (κ1) is 26.2. The van der Waals surface area contributed by atoms with Gasteiger partial charge in [0.05, 0.1) is 15.6 Å². The van der Waals surface area contributed by atoms with Crippen molar-refractivity contribution >= 4 is 39.1 Å². The molecule has 0 aliphatic rings. The maximum absolute atomic E-state index is 14.4. The topological polar surface area (TPSA) is 86.8 Å². The van der Waals surface area contributed by atoms with Gasteiger partial charge in [-0.2, -0.15) is 0 Å². The molecule has 10 heteroatoms. The van der Waals surface area contributed by atoms with Crippen LogP contribution in [0.4, 0.5) is 10.1 Å². The molecule has 0 aromatic heterocycles. The Kier molecular flexibility index (Phi) is 8.48. The van der Waals surface area contributed by atoms with Crippen molar-refractivity contribution in [3.05, 3.63) is 95.3 Å². The molecule has 0 spiro atoms. The zero-order chi connectivity index (χ0) is 25.6. The summed E-state index contributed by atoms with van der Waals surface area (Å²) in [6, 6.07) is 18.7. The number of hydrogen-bond donors (Lipinski definition) is 1. The van der Waals surface area contributed by atoms with Crippen LogP contribution in [0.1, 0.15) is 12.5 Å². The Hall–Kier alpha value is -3.43. The Morgan fingerprint density at radius 3 is 2.20 bits per heavy atom. The smallest absolute Gasteiger partial charge is 0.264 e. The third kappa shape index (κ3) is 5.98. The van der Waals surface area contributed by atoms with Crippen molar-refractivity contribution < 1.29 is 22.4 Å². The van der Waals surface area contributed by atoms with Gasteiger partial charge in [-0.3, -0.25) is 13.9 Å². The summed E-state index contributed by atoms with van der Waals surface area (Å²) in [5.74, 6) is -1.73. The van der Waals surface area contributed by atoms with Crippen molar-refractivity contribution in [3.63, 3.8) is 0 Å². The van der Waals surface area contributed by atoms with Crippen LogP contribution in [0.5, 0.6) is 0 Å². The summed E-state index contributed by atoms with van der Waals surface area (Å²) >= 11 is 6.32. The number of amides is 2. The monoisotopic (exact) mass is 517 g/mol. The average molecular weight is 518 g/mol. The molecule has 0 heterocycles. The largest absolute Gasteiger partial charge is 0.357 e. The first-order chi connectivity index (χ1) is 16.7. The number of anilines is 1. The highest BCUT2D eigenvalue weighted by molar-refractivity contribution is 7.92. The Balaban J connectivity index is 2.05. The summed E-state index contributed by atoms with van der Waals surface area (Å²) in [4.78, 5) is 27.1. The summed E-state index contributed by atoms with van der Waals surface area (Å²) in [7, 11) is -2.79. The number of hydrogen-bond acceptors (Lipinski definition) is 4. The molecule has 35 heavy (non-hydrogen) atoms. The van der Waals surface area contributed by atoms with Gasteiger partial charge < -0.3 is 10.2 Å². The summed E-state index contributed by atoms with van der Waals surface area (Å²) in [5, 5.41) is 2.60. The number of sulfonamides is 1. The van der Waals surface area contributed by atoms with Gasteiger partial charge in [0.2, 0.25) is 11.8 Å². The molecule has 1 N–H and O–H groups in total. The van der Waals surface area contributed by atoms with Crippen LogP contribution in [0.15, 0.2) is 83.8 Å². The van der Waals surface area contributed by atoms with E-state index in [1.807, 2.05) is 0 Å². The zero-order valence-corrected chi connectivity index (χ0v) is 20.8. The van der Waals surface area contributed by atoms with Crippen LogP contribution >= 0.6 is 11.6 Å². The fourth-order valence-corrected chi connectivity index (χ4v) is 5.23. The molecule has 0 radical (unpaired) electrons. The third-order valence-electron chi connectivity index (χ3n) is 5.44. The minimum atomic E-state index is -4.21. The lowest BCUT2D eigenvalue weighted by Crippen LogP contribution is -2.50. The number of carbonyl (C=O) groups excluding carboxylic acids is 2. The Morgan fingerprint density at radius 1 is 0.971 bits per heavy atom. The van der Waals surface area contributed by atoms with Gasteiger partial charge in [0.15, 0.2) is 0 Å². The van der Waals surface area contributed by atoms with Crippen LogP contribution in [-0.2, 0) is 26.2 Å². The number of benzene rings is 3. The average Bonchev–Trinajstić information content (AvgIpc) is 2.86. The number of rotatable bonds is 9. The summed E-state index contributed by atoms with van der Waals surface area (Å²) in [5.41, 5.74) is 0.289. The Bertz CT molecular complexity index is 1300. The van der Waals surface area contributed by atoms with E-state index in [4.69, 9.17) is 11.6 Å². The van der Waals surface area contributed by atoms with E-state index in [2.05, 4.69) is 5.32 Å². The molecule has 0 saturated heterocycles. The van der Waals surface area contributed by atoms with E-state index < -0.39 is 40.2 Å². The number of nitrogens with zero attached hydrogens (tertiary/aromatic N) is 2. The van der Waals surface area contributed by atoms with Crippen molar-refractivity contribution in [2.75, 3.05) is 17.9 Å². The summed E-state index contributed by atoms with van der Waals surface area (Å²) in [6.45, 7) is 0.599. The second-order valence-electron chi connectivity index (χ2n) is 7.68. The molecule has 0 unspecified atom stereocenters. The van der Waals surface area contributed by atoms with Crippen molar-refractivity contribution in [2.24, 2.45) is 0 Å². The lowest BCUT2D eigenvalue weighted by atomic mass is 10.1. The molecular weight excluding hydrogens is 493 g/mol. The molecule has 3 aromatic rings. The minimum Gasteiger partial charge on any atom is -0.357 e. The maximum Gasteiger partial charge on any atom is 0.264 e. The van der Waals surface area contributed by atoms with Gasteiger partial charge in [0.1, 0.15) is 18.4 Å². The van der Waals surface area contributed by atoms with Crippen LogP contribution < -0.4 is 9.62 Å². The predicted octanol–water partition coefficient (Wildman–Crippen LogP) is 3.84. The lowest BCUT2D eigenvalue weighted by Gasteiger charge is -2.32. The number of halogens is 2. The third-order valence-corrected chi connectivity index (χ3v) is 7.54. The van der Waals surface area contributed by atoms with Gasteiger partial charge in [-0.15, -0.1) is 0 Å². The van der Waals surface area contributed by atoms with Crippen molar-refractivity contribution in [2.45, 2.75) is 24.4 Å². The summed E-state index contributed by atoms with van der Waals surface area (Å²) < 4.78 is 42.4. The fraction of sp³-hybridized carbons (Fsp3) is 0.200. The second kappa shape index (κ2) is 11.3. The predicted molar refractivity (Wildman–Crippen MR) is 133 cm³/mol. The van der Waals surface area contributed by atoms with Crippen molar-refractivity contribution in [1.82, 2.24) is 10.2 Å². The SMILES string of the molecule is CNC(=O)[C@@H](C)N(Cc1ccccc1F)C(=O)CN(c1ccccc1Cl)S(=O)(=O)c1ccccc1. The quantitative estimate of drug-likeness (QED) is 0.467. The minimum absolute atomic E-state index is 0.0345. The van der Waals surface area contributed by atoms with Gasteiger partial charge in [-0.1, -0.05) is 60.1 Å². The van der Waals surface area contributed by atoms with Gasteiger partial charge in [-0.25, -0.2) is 12.8 Å². The van der Waals surface area contributed by atoms with E-state index in [1.54, 1.807) is 36.4 Å². The molecule has 3 aromatic carbocycles. The molecular formula is C25H25ClFN3O4S. The molecule has 0 aliphatic heterocycles. The van der Waals surface area contributed by atoms with Crippen LogP contribution in [0, 0.1) is 5.82 Å². The van der Waals surface area contributed by atoms with Gasteiger partial charge in [0, 0.05) is 19.2 Å². The van der Waals surface area contributed by atoms with E-state index in [9.17, 15) is 22.4 Å². The highest BCUT2D eigenvalue weighted by Crippen LogP contribution is 2.30. The van der Waals surface area contributed by atoms with E-state index in [-0.39, 0.29) is 27.7 Å². The highest BCUT2D eigenvalue weighted by atomic mass is 35.5. The van der Waals surface area contributed by atoms with Crippen LogP contribution in [0.25, 0.3) is 0 Å². The Labute approximate surface area is 209 Å². The molecule has 3 rings (SSSR count). The number of carbonyl (C=O) groups is 2. The normalized spacial score (nSPS) is 12.0. The van der Waals surface area contributed by atoms with E-state index in [0.717, 1.165) is 9.21 Å².